The Morgan fingerprint density at radius 1 is 0.463 bits per heavy atom. The number of likely N-dealkylation sites (tertiary alicyclic amines) is 1. The summed E-state index contributed by atoms with van der Waals surface area (Å²) in [5, 5.41) is 30.3. The third-order valence-electron chi connectivity index (χ3n) is 32.8. The fourth-order valence-electron chi connectivity index (χ4n) is 24.9. The molecule has 12 aliphatic carbocycles. The number of amides is 3. The highest BCUT2D eigenvalue weighted by Gasteiger charge is 2.57. The Balaban J connectivity index is 0.000000112. The van der Waals surface area contributed by atoms with E-state index in [1.165, 1.54) is 141 Å². The number of aryl methyl sites for hydroxylation is 6. The molecule has 714 valence electrons. The minimum Gasteiger partial charge on any atom is -0.492 e. The van der Waals surface area contributed by atoms with Gasteiger partial charge >= 0.3 is 0 Å². The normalized spacial score (nSPS) is 22.4. The number of aromatic nitrogens is 8. The van der Waals surface area contributed by atoms with Gasteiger partial charge in [0.15, 0.2) is 28.7 Å². The van der Waals surface area contributed by atoms with Crippen molar-refractivity contribution in [3.05, 3.63) is 232 Å². The SMILES string of the molecule is CC1(C)C2CCC(CNC(=O)c3nn(-c4ccc(Cl)cc4Cl)c4c3CCCc3cc(Cl)sc3-4)C1C2.Cc1cc2c(s1)-c1c(c(C(=O)CN3CCCCC3)nn1-c1ccc(F)cc1F)CCC2.Cc1ccc(Cn2nc(C(=O)NCC3CCC4CC3C4(C)C)c3c2-c2sc(Br)cc2CCC3)cc1.Cc1ccc(Cn2nc(C(=O)NCC3CCC4CC3C4(C)C)c3c2-c2sc(Br)cc2OCC3)cc1. The topological polar surface area (TPSA) is 188 Å². The molecule has 1 saturated heterocycles. The van der Waals surface area contributed by atoms with Crippen LogP contribution in [0.4, 0.5) is 8.78 Å². The van der Waals surface area contributed by atoms with Gasteiger partial charge in [0.05, 0.1) is 91.1 Å². The summed E-state index contributed by atoms with van der Waals surface area (Å²) in [6.45, 7) is 26.9. The first-order valence-electron chi connectivity index (χ1n) is 49.0. The van der Waals surface area contributed by atoms with Crippen LogP contribution in [0.25, 0.3) is 53.7 Å². The van der Waals surface area contributed by atoms with Crippen LogP contribution in [-0.4, -0.2) is 113 Å². The van der Waals surface area contributed by atoms with Crippen molar-refractivity contribution >= 4 is 136 Å². The molecule has 10 fully saturated rings. The molecule has 136 heavy (non-hydrogen) atoms. The molecular formula is C108H119Br2Cl3F2N12O5S4. The smallest absolute Gasteiger partial charge is 0.272 e. The number of fused-ring (bicyclic) bond motifs is 18. The Morgan fingerprint density at radius 3 is 1.43 bits per heavy atom. The number of ether oxygens (including phenoxy) is 1. The summed E-state index contributed by atoms with van der Waals surface area (Å²) in [4.78, 5) is 61.8. The molecule has 28 heteroatoms. The van der Waals surface area contributed by atoms with Crippen LogP contribution >= 0.6 is 112 Å². The second kappa shape index (κ2) is 39.2. The predicted octanol–water partition coefficient (Wildman–Crippen LogP) is 26.7. The molecule has 14 aliphatic rings. The van der Waals surface area contributed by atoms with E-state index in [-0.39, 0.29) is 29.2 Å². The standard InChI is InChI=1S/C29H34BrN3OS.C28H32BrN3O2S.C27H28Cl3N3OS.C24H25F2N3OS/c1-17-7-9-18(10-8-17)16-33-26-22(6-4-5-19-13-24(30)35-27(19)26)25(32-33)28(34)31-15-20-11-12-21-14-23(20)29(21,2)3;1-16-4-6-17(7-5-16)15-32-25-20(10-11-34-22-13-23(29)35-26(22)25)24(31-32)27(33)30-14-18-8-9-19-12-21(18)28(19,2)3;1-27(2)16-7-6-15(19(27)11-16)13-31-26(34)23-18-5-3-4-14-10-22(30)35-25(14)24(18)33(32-23)21-9-8-17(28)12-20(21)29;1-15-12-16-6-5-7-18-22(21(30)14-28-10-3-2-4-11-28)27-29(23(18)24(16)31-15)20-9-8-17(25)13-19(20)26/h7-10,13,20-21,23H,4-6,11-12,14-16H2,1-3H3,(H,31,34);4-7,13,18-19,21H,8-12,14-15H2,1-3H3,(H,30,33);8-10,12,15-16,19H,3-7,11,13H2,1-2H3,(H,31,34);8-9,12-13H,2-7,10-11,14H2,1H3. The van der Waals surface area contributed by atoms with Gasteiger partial charge < -0.3 is 20.7 Å². The third-order valence-corrected chi connectivity index (χ3v) is 39.1. The number of hydrogen-bond acceptors (Lipinski definition) is 14. The fourth-order valence-corrected chi connectivity index (χ4v) is 31.3. The Morgan fingerprint density at radius 2 is 0.912 bits per heavy atom. The molecule has 12 aromatic rings. The maximum absolute atomic E-state index is 14.8. The lowest BCUT2D eigenvalue weighted by molar-refractivity contribution is -0.103. The van der Waals surface area contributed by atoms with Crippen LogP contribution in [0.15, 0.2) is 117 Å². The summed E-state index contributed by atoms with van der Waals surface area (Å²) in [7, 11) is 0. The minimum absolute atomic E-state index is 0.00207. The zero-order valence-corrected chi connectivity index (χ0v) is 87.6. The summed E-state index contributed by atoms with van der Waals surface area (Å²) in [6, 6.07) is 34.5. The van der Waals surface area contributed by atoms with E-state index >= 15 is 0 Å². The average Bonchev–Trinajstić information content (AvgIpc) is 1.01. The summed E-state index contributed by atoms with van der Waals surface area (Å²) >= 11 is 33.1. The number of benzene rings is 4. The van der Waals surface area contributed by atoms with Crippen LogP contribution in [0.3, 0.4) is 0 Å². The maximum atomic E-state index is 14.8. The molecule has 9 saturated carbocycles. The van der Waals surface area contributed by atoms with Gasteiger partial charge in [-0.25, -0.2) is 18.1 Å². The Hall–Kier alpha value is -7.95. The second-order valence-electron chi connectivity index (χ2n) is 41.9. The van der Waals surface area contributed by atoms with Crippen molar-refractivity contribution in [3.8, 4) is 59.4 Å². The van der Waals surface area contributed by atoms with Crippen molar-refractivity contribution in [1.82, 2.24) is 60.0 Å². The molecule has 3 amide bonds. The molecule has 17 nitrogen and oxygen atoms in total. The Kier molecular flexibility index (Phi) is 27.5. The van der Waals surface area contributed by atoms with Crippen molar-refractivity contribution in [1.29, 1.82) is 0 Å². The highest BCUT2D eigenvalue weighted by molar-refractivity contribution is 9.11. The second-order valence-corrected chi connectivity index (χ2v) is 50.6. The lowest BCUT2D eigenvalue weighted by Gasteiger charge is -2.60. The Labute approximate surface area is 844 Å². The van der Waals surface area contributed by atoms with Gasteiger partial charge in [-0.15, -0.1) is 45.3 Å². The van der Waals surface area contributed by atoms with E-state index in [1.807, 2.05) is 27.6 Å². The van der Waals surface area contributed by atoms with E-state index in [9.17, 15) is 28.0 Å². The molecule has 9 atom stereocenters. The molecular weight excluding hydrogens is 1980 g/mol. The van der Waals surface area contributed by atoms with E-state index in [0.29, 0.717) is 118 Å². The molecule has 2 aliphatic heterocycles. The van der Waals surface area contributed by atoms with Crippen LogP contribution in [0.5, 0.6) is 5.75 Å². The number of thiophene rings is 4. The minimum atomic E-state index is -0.681. The third kappa shape index (κ3) is 18.8. The van der Waals surface area contributed by atoms with Crippen LogP contribution in [0.2, 0.25) is 14.4 Å². The Bertz CT molecular complexity index is 6380. The van der Waals surface area contributed by atoms with Gasteiger partial charge in [0, 0.05) is 70.3 Å². The molecule has 9 unspecified atom stereocenters. The van der Waals surface area contributed by atoms with Crippen molar-refractivity contribution in [3.63, 3.8) is 0 Å². The number of carbonyl (C=O) groups is 4. The first kappa shape index (κ1) is 95.6. The molecule has 0 spiro atoms. The van der Waals surface area contributed by atoms with Gasteiger partial charge in [0.25, 0.3) is 17.7 Å². The lowest BCUT2D eigenvalue weighted by atomic mass is 9.45. The molecule has 4 aromatic carbocycles. The number of rotatable bonds is 18. The number of halogens is 7. The van der Waals surface area contributed by atoms with Crippen LogP contribution in [0.1, 0.15) is 246 Å². The number of carbonyl (C=O) groups excluding carboxylic acids is 4. The summed E-state index contributed by atoms with van der Waals surface area (Å²) < 4.78 is 44.8. The fraction of sp³-hybridized carbons (Fsp3) is 0.481. The van der Waals surface area contributed by atoms with Crippen LogP contribution < -0.4 is 20.7 Å². The number of piperidine rings is 1. The number of nitrogens with one attached hydrogen (secondary N) is 3. The van der Waals surface area contributed by atoms with E-state index in [1.54, 1.807) is 46.1 Å². The van der Waals surface area contributed by atoms with E-state index in [4.69, 9.17) is 54.8 Å². The zero-order chi connectivity index (χ0) is 94.7. The van der Waals surface area contributed by atoms with Crippen molar-refractivity contribution in [2.24, 2.45) is 69.5 Å². The first-order valence-corrected chi connectivity index (χ1v) is 55.0. The number of nitrogens with zero attached hydrogens (tertiary/aromatic N) is 9. The highest BCUT2D eigenvalue weighted by atomic mass is 79.9. The molecule has 3 N–H and O–H groups in total. The van der Waals surface area contributed by atoms with Gasteiger partial charge in [0.2, 0.25) is 0 Å². The summed E-state index contributed by atoms with van der Waals surface area (Å²) in [5.74, 6) is 5.82. The van der Waals surface area contributed by atoms with E-state index < -0.39 is 11.6 Å². The van der Waals surface area contributed by atoms with Crippen LogP contribution in [0, 0.1) is 102 Å². The van der Waals surface area contributed by atoms with Gasteiger partial charge in [-0.05, 0) is 340 Å². The molecule has 8 aromatic heterocycles. The predicted molar refractivity (Wildman–Crippen MR) is 552 cm³/mol. The van der Waals surface area contributed by atoms with Crippen molar-refractivity contribution in [2.45, 2.75) is 217 Å². The maximum Gasteiger partial charge on any atom is 0.272 e. The molecule has 10 heterocycles. The summed E-state index contributed by atoms with van der Waals surface area (Å²) in [6.07, 6.45) is 23.7. The number of ketones is 1. The molecule has 26 rings (SSSR count). The first-order chi connectivity index (χ1) is 65.4. The number of Topliss-reactive ketones (excluding diaryl/α,β-unsaturated/α-hetero) is 1. The quantitative estimate of drug-likeness (QED) is 0.0698. The van der Waals surface area contributed by atoms with Crippen molar-refractivity contribution < 1.29 is 32.7 Å². The van der Waals surface area contributed by atoms with E-state index in [2.05, 4.69) is 185 Å². The summed E-state index contributed by atoms with van der Waals surface area (Å²) in [5.41, 5.74) is 20.7. The van der Waals surface area contributed by atoms with Gasteiger partial charge in [-0.2, -0.15) is 20.4 Å². The molecule has 0 radical (unpaired) electrons. The van der Waals surface area contributed by atoms with Gasteiger partial charge in [-0.1, -0.05) is 142 Å². The van der Waals surface area contributed by atoms with Gasteiger partial charge in [-0.3, -0.25) is 33.4 Å². The van der Waals surface area contributed by atoms with Gasteiger partial charge in [0.1, 0.15) is 22.9 Å². The van der Waals surface area contributed by atoms with Crippen LogP contribution in [-0.2, 0) is 58.0 Å². The zero-order valence-electron chi connectivity index (χ0n) is 78.9. The van der Waals surface area contributed by atoms with E-state index in [0.717, 1.165) is 210 Å². The largest absolute Gasteiger partial charge is 0.492 e. The van der Waals surface area contributed by atoms with Crippen molar-refractivity contribution in [2.75, 3.05) is 45.9 Å². The molecule has 6 bridgehead atoms. The monoisotopic (exact) mass is 2090 g/mol. The highest BCUT2D eigenvalue weighted by Crippen LogP contribution is 2.64. The average molecular weight is 2100 g/mol. The lowest BCUT2D eigenvalue weighted by Crippen LogP contribution is -2.54. The number of hydrogen-bond donors (Lipinski definition) is 3.